The van der Waals surface area contributed by atoms with Gasteiger partial charge in [-0.05, 0) is 54.5 Å². The van der Waals surface area contributed by atoms with Crippen molar-refractivity contribution in [2.75, 3.05) is 5.32 Å². The topological polar surface area (TPSA) is 24.1 Å². The average molecular weight is 292 g/mol. The smallest absolute Gasteiger partial charge is 0.171 e. The molecular weight excluding hydrogens is 278 g/mol. The van der Waals surface area contributed by atoms with Gasteiger partial charge in [-0.15, -0.1) is 0 Å². The number of hydrogen-bond acceptors (Lipinski definition) is 1. The Morgan fingerprint density at radius 2 is 1.80 bits per heavy atom. The van der Waals surface area contributed by atoms with Crippen molar-refractivity contribution in [1.29, 1.82) is 0 Å². The normalized spacial score (nSPS) is 10.2. The number of hydrogen-bond donors (Lipinski definition) is 2. The van der Waals surface area contributed by atoms with Gasteiger partial charge < -0.3 is 10.6 Å². The summed E-state index contributed by atoms with van der Waals surface area (Å²) in [6.45, 7) is 2.32. The maximum absolute atomic E-state index is 13.5. The molecule has 0 atom stereocenters. The number of anilines is 1. The fourth-order valence-electron chi connectivity index (χ4n) is 1.69. The van der Waals surface area contributed by atoms with Crippen LogP contribution in [0.3, 0.4) is 0 Å². The lowest BCUT2D eigenvalue weighted by atomic mass is 10.2. The molecular formula is C15H14F2N2S. The van der Waals surface area contributed by atoms with E-state index < -0.39 is 0 Å². The lowest BCUT2D eigenvalue weighted by molar-refractivity contribution is 0.626. The number of aryl methyl sites for hydroxylation is 1. The summed E-state index contributed by atoms with van der Waals surface area (Å²) in [4.78, 5) is 0. The van der Waals surface area contributed by atoms with Crippen LogP contribution in [0, 0.1) is 18.6 Å². The molecule has 0 fully saturated rings. The third-order valence-corrected chi connectivity index (χ3v) is 2.98. The quantitative estimate of drug-likeness (QED) is 0.842. The number of rotatable bonds is 3. The van der Waals surface area contributed by atoms with Crippen LogP contribution in [-0.4, -0.2) is 5.11 Å². The predicted molar refractivity (Wildman–Crippen MR) is 80.6 cm³/mol. The van der Waals surface area contributed by atoms with Crippen molar-refractivity contribution in [3.63, 3.8) is 0 Å². The molecule has 2 rings (SSSR count). The second-order valence-corrected chi connectivity index (χ2v) is 4.83. The second kappa shape index (κ2) is 6.43. The summed E-state index contributed by atoms with van der Waals surface area (Å²) in [6.07, 6.45) is 0. The lowest BCUT2D eigenvalue weighted by Crippen LogP contribution is -2.28. The van der Waals surface area contributed by atoms with E-state index in [1.54, 1.807) is 24.3 Å². The molecule has 0 spiro atoms. The van der Waals surface area contributed by atoms with Crippen molar-refractivity contribution in [3.8, 4) is 0 Å². The van der Waals surface area contributed by atoms with Gasteiger partial charge in [-0.25, -0.2) is 8.78 Å². The summed E-state index contributed by atoms with van der Waals surface area (Å²) in [5.74, 6) is -0.641. The van der Waals surface area contributed by atoms with Gasteiger partial charge in [0.2, 0.25) is 0 Å². The van der Waals surface area contributed by atoms with Crippen LogP contribution in [-0.2, 0) is 6.54 Å². The minimum absolute atomic E-state index is 0.281. The molecule has 0 aliphatic carbocycles. The summed E-state index contributed by atoms with van der Waals surface area (Å²) in [5, 5.41) is 6.07. The van der Waals surface area contributed by atoms with Crippen molar-refractivity contribution in [2.45, 2.75) is 13.5 Å². The molecule has 0 aliphatic rings. The van der Waals surface area contributed by atoms with Crippen molar-refractivity contribution < 1.29 is 8.78 Å². The van der Waals surface area contributed by atoms with Crippen LogP contribution in [0.4, 0.5) is 14.5 Å². The number of benzene rings is 2. The van der Waals surface area contributed by atoms with Crippen LogP contribution in [0.5, 0.6) is 0 Å². The minimum Gasteiger partial charge on any atom is -0.358 e. The average Bonchev–Trinajstić information content (AvgIpc) is 2.42. The molecule has 0 saturated heterocycles. The third kappa shape index (κ3) is 3.99. The summed E-state index contributed by atoms with van der Waals surface area (Å²) in [7, 11) is 0. The molecule has 0 amide bonds. The van der Waals surface area contributed by atoms with Gasteiger partial charge in [0.1, 0.15) is 11.6 Å². The minimum atomic E-state index is -0.360. The molecule has 0 unspecified atom stereocenters. The van der Waals surface area contributed by atoms with E-state index in [9.17, 15) is 8.78 Å². The first kappa shape index (κ1) is 14.4. The molecule has 2 aromatic rings. The number of halogens is 2. The van der Waals surface area contributed by atoms with Crippen LogP contribution < -0.4 is 10.6 Å². The molecule has 104 valence electrons. The summed E-state index contributed by atoms with van der Waals surface area (Å²) in [5.41, 5.74) is 2.16. The van der Waals surface area contributed by atoms with Gasteiger partial charge in [-0.1, -0.05) is 18.2 Å². The van der Waals surface area contributed by atoms with E-state index in [1.807, 2.05) is 6.92 Å². The molecule has 0 bridgehead atoms. The molecule has 2 N–H and O–H groups in total. The largest absolute Gasteiger partial charge is 0.358 e. The van der Waals surface area contributed by atoms with E-state index in [0.717, 1.165) is 11.1 Å². The maximum atomic E-state index is 13.5. The monoisotopic (exact) mass is 292 g/mol. The van der Waals surface area contributed by atoms with Crippen molar-refractivity contribution >= 4 is 23.0 Å². The Hall–Kier alpha value is -2.01. The molecule has 0 heterocycles. The van der Waals surface area contributed by atoms with Gasteiger partial charge in [-0.3, -0.25) is 0 Å². The molecule has 2 nitrogen and oxygen atoms in total. The van der Waals surface area contributed by atoms with Gasteiger partial charge >= 0.3 is 0 Å². The molecule has 0 saturated carbocycles. The Kier molecular flexibility index (Phi) is 4.63. The summed E-state index contributed by atoms with van der Waals surface area (Å²) < 4.78 is 26.3. The Balaban J connectivity index is 1.92. The zero-order valence-corrected chi connectivity index (χ0v) is 11.7. The van der Waals surface area contributed by atoms with E-state index >= 15 is 0 Å². The summed E-state index contributed by atoms with van der Waals surface area (Å²) >= 11 is 5.10. The molecule has 2 aromatic carbocycles. The fraction of sp³-hybridized carbons (Fsp3) is 0.133. The first-order valence-electron chi connectivity index (χ1n) is 6.10. The lowest BCUT2D eigenvalue weighted by Gasteiger charge is -2.11. The molecule has 20 heavy (non-hydrogen) atoms. The van der Waals surface area contributed by atoms with Crippen molar-refractivity contribution in [3.05, 3.63) is 65.2 Å². The van der Waals surface area contributed by atoms with Crippen LogP contribution in [0.25, 0.3) is 0 Å². The first-order valence-corrected chi connectivity index (χ1v) is 6.51. The van der Waals surface area contributed by atoms with Crippen LogP contribution in [0.15, 0.2) is 42.5 Å². The molecule has 0 radical (unpaired) electrons. The fourth-order valence-corrected chi connectivity index (χ4v) is 1.87. The van der Waals surface area contributed by atoms with E-state index in [1.165, 1.54) is 18.2 Å². The maximum Gasteiger partial charge on any atom is 0.171 e. The van der Waals surface area contributed by atoms with Crippen LogP contribution in [0.2, 0.25) is 0 Å². The van der Waals surface area contributed by atoms with Gasteiger partial charge in [0.25, 0.3) is 0 Å². The standard InChI is InChI=1S/C15H14F2N2S/c1-10-2-7-13(17)14(8-10)19-15(20)18-9-11-3-5-12(16)6-4-11/h2-8H,9H2,1H3,(H2,18,19,20). The van der Waals surface area contributed by atoms with Crippen molar-refractivity contribution in [2.24, 2.45) is 0 Å². The highest BCUT2D eigenvalue weighted by Gasteiger charge is 2.04. The molecule has 0 aliphatic heterocycles. The van der Waals surface area contributed by atoms with E-state index in [-0.39, 0.29) is 11.6 Å². The highest BCUT2D eigenvalue weighted by molar-refractivity contribution is 7.80. The zero-order valence-electron chi connectivity index (χ0n) is 10.9. The second-order valence-electron chi connectivity index (χ2n) is 4.42. The van der Waals surface area contributed by atoms with Gasteiger partial charge in [0.15, 0.2) is 5.11 Å². The Labute approximate surface area is 121 Å². The van der Waals surface area contributed by atoms with Crippen molar-refractivity contribution in [1.82, 2.24) is 5.32 Å². The Morgan fingerprint density at radius 1 is 1.10 bits per heavy atom. The SMILES string of the molecule is Cc1ccc(F)c(NC(=S)NCc2ccc(F)cc2)c1. The molecule has 5 heteroatoms. The van der Waals surface area contributed by atoms with E-state index in [2.05, 4.69) is 10.6 Å². The number of thiocarbonyl (C=S) groups is 1. The van der Waals surface area contributed by atoms with Gasteiger partial charge in [0.05, 0.1) is 5.69 Å². The molecule has 0 aromatic heterocycles. The van der Waals surface area contributed by atoms with E-state index in [4.69, 9.17) is 12.2 Å². The predicted octanol–water partition coefficient (Wildman–Crippen LogP) is 3.76. The zero-order chi connectivity index (χ0) is 14.5. The van der Waals surface area contributed by atoms with Gasteiger partial charge in [0, 0.05) is 6.54 Å². The third-order valence-electron chi connectivity index (χ3n) is 2.74. The first-order chi connectivity index (χ1) is 9.54. The summed E-state index contributed by atoms with van der Waals surface area (Å²) in [6, 6.07) is 10.9. The van der Waals surface area contributed by atoms with Crippen LogP contribution >= 0.6 is 12.2 Å². The van der Waals surface area contributed by atoms with E-state index in [0.29, 0.717) is 17.3 Å². The van der Waals surface area contributed by atoms with Crippen LogP contribution in [0.1, 0.15) is 11.1 Å². The highest BCUT2D eigenvalue weighted by Crippen LogP contribution is 2.15. The Bertz CT molecular complexity index is 612. The van der Waals surface area contributed by atoms with Gasteiger partial charge in [-0.2, -0.15) is 0 Å². The highest BCUT2D eigenvalue weighted by atomic mass is 32.1. The number of nitrogens with one attached hydrogen (secondary N) is 2. The Morgan fingerprint density at radius 3 is 2.50 bits per heavy atom.